The van der Waals surface area contributed by atoms with Crippen LogP contribution < -0.4 is 5.32 Å². The lowest BCUT2D eigenvalue weighted by molar-refractivity contribution is -0.137. The lowest BCUT2D eigenvalue weighted by atomic mass is 10.2. The van der Waals surface area contributed by atoms with E-state index < -0.39 is 17.7 Å². The molecule has 2 rings (SSSR count). The predicted octanol–water partition coefficient (Wildman–Crippen LogP) is 2.11. The van der Waals surface area contributed by atoms with Gasteiger partial charge in [0, 0.05) is 25.5 Å². The fraction of sp³-hybridized carbons (Fsp3) is 0.250. The largest absolute Gasteiger partial charge is 0.476 e. The number of nitrogens with zero attached hydrogens (tertiary/aromatic N) is 3. The predicted molar refractivity (Wildman–Crippen MR) is 66.9 cm³/mol. The Morgan fingerprint density at radius 2 is 2.14 bits per heavy atom. The van der Waals surface area contributed by atoms with Crippen LogP contribution in [0.3, 0.4) is 0 Å². The van der Waals surface area contributed by atoms with Crippen molar-refractivity contribution in [2.75, 3.05) is 11.9 Å². The number of carboxylic acids is 1. The van der Waals surface area contributed by atoms with Gasteiger partial charge in [0.2, 0.25) is 0 Å². The Kier molecular flexibility index (Phi) is 4.10. The third-order valence-electron chi connectivity index (χ3n) is 2.62. The summed E-state index contributed by atoms with van der Waals surface area (Å²) >= 11 is 0. The van der Waals surface area contributed by atoms with E-state index >= 15 is 0 Å². The van der Waals surface area contributed by atoms with E-state index in [1.165, 1.54) is 17.1 Å². The number of aromatic carboxylic acids is 1. The number of carbonyl (C=O) groups is 1. The average Bonchev–Trinajstić information content (AvgIpc) is 2.87. The number of hydrogen-bond acceptors (Lipinski definition) is 4. The van der Waals surface area contributed by atoms with Gasteiger partial charge in [0.15, 0.2) is 5.69 Å². The highest BCUT2D eigenvalue weighted by molar-refractivity contribution is 5.84. The molecule has 9 heteroatoms. The number of hydrogen-bond donors (Lipinski definition) is 2. The summed E-state index contributed by atoms with van der Waals surface area (Å²) in [6.07, 6.45) is -0.667. The van der Waals surface area contributed by atoms with Crippen molar-refractivity contribution in [3.05, 3.63) is 42.1 Å². The first kappa shape index (κ1) is 14.8. The van der Waals surface area contributed by atoms with Gasteiger partial charge >= 0.3 is 12.1 Å². The minimum absolute atomic E-state index is 0.0906. The van der Waals surface area contributed by atoms with Crippen LogP contribution in [0.2, 0.25) is 0 Å². The number of halogens is 3. The first-order chi connectivity index (χ1) is 9.86. The van der Waals surface area contributed by atoms with Crippen molar-refractivity contribution in [3.63, 3.8) is 0 Å². The Hall–Kier alpha value is -2.58. The summed E-state index contributed by atoms with van der Waals surface area (Å²) in [6, 6.07) is 1.80. The molecule has 2 heterocycles. The molecule has 112 valence electrons. The maximum atomic E-state index is 12.5. The quantitative estimate of drug-likeness (QED) is 0.884. The standard InChI is InChI=1S/C12H11F3N4O2/c13-12(14,15)8-1-2-16-10(5-8)17-3-4-19-6-9(11(20)21)18-7-19/h1-2,5-7H,3-4H2,(H,16,17)(H,20,21). The van der Waals surface area contributed by atoms with E-state index in [0.29, 0.717) is 6.54 Å². The van der Waals surface area contributed by atoms with E-state index in [0.717, 1.165) is 18.3 Å². The zero-order valence-electron chi connectivity index (χ0n) is 10.6. The Morgan fingerprint density at radius 1 is 1.38 bits per heavy atom. The number of rotatable bonds is 5. The molecular weight excluding hydrogens is 289 g/mol. The van der Waals surface area contributed by atoms with Crippen LogP contribution in [0.25, 0.3) is 0 Å². The molecule has 0 aromatic carbocycles. The van der Waals surface area contributed by atoms with E-state index in [1.54, 1.807) is 0 Å². The van der Waals surface area contributed by atoms with Gasteiger partial charge in [-0.05, 0) is 12.1 Å². The number of anilines is 1. The molecule has 0 aliphatic rings. The average molecular weight is 300 g/mol. The Bertz CT molecular complexity index is 639. The van der Waals surface area contributed by atoms with Crippen molar-refractivity contribution in [3.8, 4) is 0 Å². The molecule has 0 aliphatic carbocycles. The number of carboxylic acid groups (broad SMARTS) is 1. The SMILES string of the molecule is O=C(O)c1cn(CCNc2cc(C(F)(F)F)ccn2)cn1. The lowest BCUT2D eigenvalue weighted by Crippen LogP contribution is -2.12. The van der Waals surface area contributed by atoms with E-state index in [2.05, 4.69) is 15.3 Å². The van der Waals surface area contributed by atoms with Crippen LogP contribution in [-0.2, 0) is 12.7 Å². The van der Waals surface area contributed by atoms with E-state index in [9.17, 15) is 18.0 Å². The summed E-state index contributed by atoms with van der Waals surface area (Å²) in [5, 5.41) is 11.4. The van der Waals surface area contributed by atoms with Crippen molar-refractivity contribution >= 4 is 11.8 Å². The number of aromatic nitrogens is 3. The molecule has 0 aliphatic heterocycles. The van der Waals surface area contributed by atoms with Gasteiger partial charge in [0.05, 0.1) is 11.9 Å². The van der Waals surface area contributed by atoms with Crippen LogP contribution in [0.4, 0.5) is 19.0 Å². The molecule has 0 fully saturated rings. The van der Waals surface area contributed by atoms with Gasteiger partial charge in [0.1, 0.15) is 5.82 Å². The summed E-state index contributed by atoms with van der Waals surface area (Å²) in [5.41, 5.74) is -0.872. The molecule has 21 heavy (non-hydrogen) atoms. The van der Waals surface area contributed by atoms with Gasteiger partial charge in [-0.3, -0.25) is 0 Å². The summed E-state index contributed by atoms with van der Waals surface area (Å²) in [4.78, 5) is 18.1. The summed E-state index contributed by atoms with van der Waals surface area (Å²) in [6.45, 7) is 0.627. The van der Waals surface area contributed by atoms with Crippen molar-refractivity contribution in [1.29, 1.82) is 0 Å². The van der Waals surface area contributed by atoms with Crippen LogP contribution in [0.5, 0.6) is 0 Å². The second kappa shape index (κ2) is 5.81. The molecule has 6 nitrogen and oxygen atoms in total. The zero-order chi connectivity index (χ0) is 15.5. The second-order valence-corrected chi connectivity index (χ2v) is 4.16. The van der Waals surface area contributed by atoms with Gasteiger partial charge in [-0.25, -0.2) is 14.8 Å². The number of alkyl halides is 3. The van der Waals surface area contributed by atoms with Gasteiger partial charge in [-0.15, -0.1) is 0 Å². The minimum atomic E-state index is -4.42. The topological polar surface area (TPSA) is 80.0 Å². The molecular formula is C12H11F3N4O2. The Morgan fingerprint density at radius 3 is 2.76 bits per heavy atom. The zero-order valence-corrected chi connectivity index (χ0v) is 10.6. The molecule has 0 atom stereocenters. The molecule has 0 bridgehead atoms. The fourth-order valence-corrected chi connectivity index (χ4v) is 1.61. The van der Waals surface area contributed by atoms with Gasteiger partial charge in [-0.2, -0.15) is 13.2 Å². The smallest absolute Gasteiger partial charge is 0.416 e. The molecule has 0 unspecified atom stereocenters. The number of pyridine rings is 1. The first-order valence-corrected chi connectivity index (χ1v) is 5.88. The fourth-order valence-electron chi connectivity index (χ4n) is 1.61. The lowest BCUT2D eigenvalue weighted by Gasteiger charge is -2.09. The van der Waals surface area contributed by atoms with Crippen molar-refractivity contribution in [2.45, 2.75) is 12.7 Å². The van der Waals surface area contributed by atoms with Crippen molar-refractivity contribution in [1.82, 2.24) is 14.5 Å². The maximum absolute atomic E-state index is 12.5. The monoisotopic (exact) mass is 300 g/mol. The van der Waals surface area contributed by atoms with Crippen molar-refractivity contribution in [2.24, 2.45) is 0 Å². The highest BCUT2D eigenvalue weighted by Crippen LogP contribution is 2.29. The van der Waals surface area contributed by atoms with Crippen LogP contribution >= 0.6 is 0 Å². The highest BCUT2D eigenvalue weighted by Gasteiger charge is 2.30. The van der Waals surface area contributed by atoms with Crippen LogP contribution in [0.1, 0.15) is 16.1 Å². The third kappa shape index (κ3) is 3.94. The van der Waals surface area contributed by atoms with Crippen LogP contribution in [0, 0.1) is 0 Å². The summed E-state index contributed by atoms with van der Waals surface area (Å²) in [7, 11) is 0. The van der Waals surface area contributed by atoms with E-state index in [1.807, 2.05) is 0 Å². The molecule has 0 radical (unpaired) electrons. The molecule has 0 spiro atoms. The Labute approximate surface area is 117 Å². The van der Waals surface area contributed by atoms with Crippen LogP contribution in [-0.4, -0.2) is 32.2 Å². The number of nitrogens with one attached hydrogen (secondary N) is 1. The van der Waals surface area contributed by atoms with Crippen LogP contribution in [0.15, 0.2) is 30.9 Å². The summed E-state index contributed by atoms with van der Waals surface area (Å²) in [5.74, 6) is -1.04. The molecule has 0 saturated carbocycles. The molecule has 2 aromatic rings. The summed E-state index contributed by atoms with van der Waals surface area (Å²) < 4.78 is 39.0. The van der Waals surface area contributed by atoms with E-state index in [-0.39, 0.29) is 18.1 Å². The normalized spacial score (nSPS) is 11.4. The van der Waals surface area contributed by atoms with Crippen molar-refractivity contribution < 1.29 is 23.1 Å². The Balaban J connectivity index is 1.92. The molecule has 0 saturated heterocycles. The molecule has 0 amide bonds. The van der Waals surface area contributed by atoms with Gasteiger partial charge in [0.25, 0.3) is 0 Å². The first-order valence-electron chi connectivity index (χ1n) is 5.88. The minimum Gasteiger partial charge on any atom is -0.476 e. The molecule has 2 aromatic heterocycles. The van der Waals surface area contributed by atoms with E-state index in [4.69, 9.17) is 5.11 Å². The third-order valence-corrected chi connectivity index (χ3v) is 2.62. The maximum Gasteiger partial charge on any atom is 0.416 e. The second-order valence-electron chi connectivity index (χ2n) is 4.16. The van der Waals surface area contributed by atoms with Gasteiger partial charge < -0.3 is 15.0 Å². The molecule has 2 N–H and O–H groups in total. The van der Waals surface area contributed by atoms with Gasteiger partial charge in [-0.1, -0.05) is 0 Å². The number of imidazole rings is 1. The highest BCUT2D eigenvalue weighted by atomic mass is 19.4.